The van der Waals surface area contributed by atoms with Gasteiger partial charge in [0.1, 0.15) is 0 Å². The Morgan fingerprint density at radius 2 is 1.23 bits per heavy atom. The smallest absolute Gasteiger partial charge is 0.0710 e. The lowest BCUT2D eigenvalue weighted by molar-refractivity contribution is 1.59. The van der Waals surface area contributed by atoms with Gasteiger partial charge in [-0.2, -0.15) is 0 Å². The highest BCUT2D eigenvalue weighted by molar-refractivity contribution is 8.46. The molecule has 0 aliphatic carbocycles. The molecule has 3 aliphatic heterocycles. The lowest BCUT2D eigenvalue weighted by Gasteiger charge is -2.02. The summed E-state index contributed by atoms with van der Waals surface area (Å²) in [6.45, 7) is 0. The molecule has 0 aromatic heterocycles. The fourth-order valence-electron chi connectivity index (χ4n) is 1.10. The van der Waals surface area contributed by atoms with Crippen LogP contribution in [0.1, 0.15) is 0 Å². The Bertz CT molecular complexity index is 278. The molecule has 0 atom stereocenters. The number of thioether (sulfide) groups is 6. The molecule has 0 N–H and O–H groups in total. The summed E-state index contributed by atoms with van der Waals surface area (Å²) in [5, 5.41) is 1.23. The van der Waals surface area contributed by atoms with E-state index in [4.69, 9.17) is 0 Å². The van der Waals surface area contributed by atoms with Crippen molar-refractivity contribution in [2.75, 3.05) is 16.6 Å². The first kappa shape index (κ1) is 9.78. The van der Waals surface area contributed by atoms with Gasteiger partial charge in [0.25, 0.3) is 0 Å². The standard InChI is InChI=1S/C7H6S6/c1-2-9-4(8-1)7-12-5-6(13-7)11-3-10-5/h1-3H2. The van der Waals surface area contributed by atoms with Crippen molar-refractivity contribution in [2.24, 2.45) is 0 Å². The molecule has 13 heavy (non-hydrogen) atoms. The van der Waals surface area contributed by atoms with E-state index in [0.29, 0.717) is 0 Å². The molecule has 3 rings (SSSR count). The zero-order valence-corrected chi connectivity index (χ0v) is 11.5. The van der Waals surface area contributed by atoms with Gasteiger partial charge in [-0.25, -0.2) is 0 Å². The largest absolute Gasteiger partial charge is 0.117 e. The first-order valence-electron chi connectivity index (χ1n) is 3.79. The third-order valence-corrected chi connectivity index (χ3v) is 10.5. The van der Waals surface area contributed by atoms with E-state index in [1.165, 1.54) is 16.6 Å². The first-order valence-corrected chi connectivity index (χ1v) is 9.36. The number of hydrogen-bond donors (Lipinski definition) is 0. The molecule has 0 radical (unpaired) electrons. The summed E-state index contributed by atoms with van der Waals surface area (Å²) in [5.41, 5.74) is 0. The average Bonchev–Trinajstić information content (AvgIpc) is 2.78. The van der Waals surface area contributed by atoms with E-state index < -0.39 is 0 Å². The quantitative estimate of drug-likeness (QED) is 0.630. The predicted molar refractivity (Wildman–Crippen MR) is 74.2 cm³/mol. The van der Waals surface area contributed by atoms with Crippen LogP contribution >= 0.6 is 70.6 Å². The first-order chi connectivity index (χ1) is 6.43. The minimum absolute atomic E-state index is 1.23. The summed E-state index contributed by atoms with van der Waals surface area (Å²) in [7, 11) is 0. The van der Waals surface area contributed by atoms with Crippen LogP contribution in [0.4, 0.5) is 0 Å². The number of hydrogen-bond acceptors (Lipinski definition) is 6. The topological polar surface area (TPSA) is 0 Å². The molecule has 3 aliphatic rings. The Kier molecular flexibility index (Phi) is 3.17. The molecule has 0 unspecified atom stereocenters. The van der Waals surface area contributed by atoms with Crippen molar-refractivity contribution in [1.82, 2.24) is 0 Å². The van der Waals surface area contributed by atoms with Crippen LogP contribution in [0.15, 0.2) is 16.9 Å². The molecular formula is C7H6S6. The van der Waals surface area contributed by atoms with Gasteiger partial charge in [0, 0.05) is 16.6 Å². The second-order valence-corrected chi connectivity index (χ2v) is 10.1. The van der Waals surface area contributed by atoms with Crippen molar-refractivity contribution in [1.29, 1.82) is 0 Å². The number of rotatable bonds is 0. The summed E-state index contributed by atoms with van der Waals surface area (Å²) in [6.07, 6.45) is 0. The van der Waals surface area contributed by atoms with Crippen LogP contribution in [0, 0.1) is 0 Å². The molecule has 3 heterocycles. The minimum Gasteiger partial charge on any atom is -0.117 e. The Morgan fingerprint density at radius 3 is 1.85 bits per heavy atom. The van der Waals surface area contributed by atoms with Gasteiger partial charge in [-0.05, 0) is 0 Å². The van der Waals surface area contributed by atoms with Gasteiger partial charge in [0.05, 0.1) is 16.9 Å². The highest BCUT2D eigenvalue weighted by Gasteiger charge is 2.29. The van der Waals surface area contributed by atoms with Crippen LogP contribution in [-0.4, -0.2) is 16.6 Å². The summed E-state index contributed by atoms with van der Waals surface area (Å²) < 4.78 is 6.25. The lowest BCUT2D eigenvalue weighted by Crippen LogP contribution is -1.68. The lowest BCUT2D eigenvalue weighted by atomic mass is 11.0. The maximum absolute atomic E-state index is 2.03. The van der Waals surface area contributed by atoms with Gasteiger partial charge in [-0.15, -0.1) is 47.0 Å². The van der Waals surface area contributed by atoms with Crippen molar-refractivity contribution in [2.45, 2.75) is 0 Å². The van der Waals surface area contributed by atoms with E-state index >= 15 is 0 Å². The van der Waals surface area contributed by atoms with E-state index in [2.05, 4.69) is 0 Å². The monoisotopic (exact) mass is 282 g/mol. The predicted octanol–water partition coefficient (Wildman–Crippen LogP) is 4.64. The molecule has 0 spiro atoms. The normalized spacial score (nSPS) is 27.7. The molecule has 0 saturated carbocycles. The summed E-state index contributed by atoms with van der Waals surface area (Å²) >= 11 is 12.1. The van der Waals surface area contributed by atoms with Crippen LogP contribution < -0.4 is 0 Å². The van der Waals surface area contributed by atoms with E-state index in [1.54, 1.807) is 16.9 Å². The highest BCUT2D eigenvalue weighted by atomic mass is 32.3. The maximum Gasteiger partial charge on any atom is 0.0710 e. The zero-order chi connectivity index (χ0) is 8.67. The second kappa shape index (κ2) is 4.22. The molecule has 70 valence electrons. The average molecular weight is 283 g/mol. The van der Waals surface area contributed by atoms with E-state index in [1.807, 2.05) is 70.6 Å². The van der Waals surface area contributed by atoms with Crippen molar-refractivity contribution in [3.05, 3.63) is 16.9 Å². The van der Waals surface area contributed by atoms with Crippen LogP contribution in [-0.2, 0) is 0 Å². The van der Waals surface area contributed by atoms with Crippen LogP contribution in [0.2, 0.25) is 0 Å². The molecule has 1 fully saturated rings. The van der Waals surface area contributed by atoms with Gasteiger partial charge in [0.15, 0.2) is 0 Å². The summed E-state index contributed by atoms with van der Waals surface area (Å²) in [5.74, 6) is 2.60. The van der Waals surface area contributed by atoms with E-state index in [-0.39, 0.29) is 0 Å². The molecule has 1 saturated heterocycles. The van der Waals surface area contributed by atoms with Crippen LogP contribution in [0.5, 0.6) is 0 Å². The van der Waals surface area contributed by atoms with E-state index in [9.17, 15) is 0 Å². The van der Waals surface area contributed by atoms with Crippen molar-refractivity contribution in [3.8, 4) is 0 Å². The van der Waals surface area contributed by atoms with Gasteiger partial charge in [-0.1, -0.05) is 23.5 Å². The minimum atomic E-state index is 1.23. The molecule has 0 nitrogen and oxygen atoms in total. The maximum atomic E-state index is 2.03. The van der Waals surface area contributed by atoms with Crippen LogP contribution in [0.3, 0.4) is 0 Å². The third-order valence-electron chi connectivity index (χ3n) is 1.63. The van der Waals surface area contributed by atoms with Gasteiger partial charge >= 0.3 is 0 Å². The summed E-state index contributed by atoms with van der Waals surface area (Å²) in [6, 6.07) is 0. The van der Waals surface area contributed by atoms with Gasteiger partial charge in [0.2, 0.25) is 0 Å². The molecule has 0 aromatic carbocycles. The molecule has 0 aromatic rings. The molecule has 6 heteroatoms. The molecule has 0 amide bonds. The second-order valence-electron chi connectivity index (χ2n) is 2.46. The highest BCUT2D eigenvalue weighted by Crippen LogP contribution is 2.65. The zero-order valence-electron chi connectivity index (χ0n) is 6.57. The third kappa shape index (κ3) is 1.95. The Balaban J connectivity index is 1.81. The van der Waals surface area contributed by atoms with Crippen molar-refractivity contribution in [3.63, 3.8) is 0 Å². The Morgan fingerprint density at radius 1 is 0.615 bits per heavy atom. The van der Waals surface area contributed by atoms with Gasteiger partial charge in [-0.3, -0.25) is 0 Å². The van der Waals surface area contributed by atoms with Gasteiger partial charge < -0.3 is 0 Å². The Labute approximate surface area is 103 Å². The summed E-state index contributed by atoms with van der Waals surface area (Å²) in [4.78, 5) is 0. The van der Waals surface area contributed by atoms with Crippen molar-refractivity contribution >= 4 is 70.6 Å². The fraction of sp³-hybridized carbons (Fsp3) is 0.429. The molecule has 0 bridgehead atoms. The SMILES string of the molecule is C1CSC(=C2SC3=C(SCS3)S2)S1. The van der Waals surface area contributed by atoms with Crippen molar-refractivity contribution < 1.29 is 0 Å². The van der Waals surface area contributed by atoms with E-state index in [0.717, 1.165) is 0 Å². The molecular weight excluding hydrogens is 276 g/mol. The fourth-order valence-corrected chi connectivity index (χ4v) is 10.4. The Hall–Kier alpha value is 1.58. The van der Waals surface area contributed by atoms with Crippen LogP contribution in [0.25, 0.3) is 0 Å².